The minimum Gasteiger partial charge on any atom is -0.315 e. The Morgan fingerprint density at radius 2 is 2.24 bits per heavy atom. The summed E-state index contributed by atoms with van der Waals surface area (Å²) < 4.78 is 0.512. The van der Waals surface area contributed by atoms with Crippen LogP contribution in [0.5, 0.6) is 0 Å². The summed E-state index contributed by atoms with van der Waals surface area (Å²) in [6, 6.07) is 3.23. The predicted octanol–water partition coefficient (Wildman–Crippen LogP) is 2.33. The minimum absolute atomic E-state index is 0.122. The summed E-state index contributed by atoms with van der Waals surface area (Å²) in [5, 5.41) is 10.8. The van der Waals surface area contributed by atoms with Crippen LogP contribution >= 0.6 is 27.5 Å². The first-order chi connectivity index (χ1) is 8.04. The molecule has 0 aromatic carbocycles. The van der Waals surface area contributed by atoms with E-state index in [-0.39, 0.29) is 11.4 Å². The molecule has 0 spiro atoms. The van der Waals surface area contributed by atoms with Crippen molar-refractivity contribution in [3.05, 3.63) is 42.8 Å². The van der Waals surface area contributed by atoms with Crippen LogP contribution in [0.15, 0.2) is 21.5 Å². The number of hydrogen-bond acceptors (Lipinski definition) is 4. The molecule has 0 atom stereocenters. The number of halogens is 2. The summed E-state index contributed by atoms with van der Waals surface area (Å²) in [6.45, 7) is 0. The highest BCUT2D eigenvalue weighted by Gasteiger charge is 2.22. The van der Waals surface area contributed by atoms with Gasteiger partial charge in [0.2, 0.25) is 0 Å². The molecule has 2 aromatic rings. The van der Waals surface area contributed by atoms with Crippen molar-refractivity contribution in [3.63, 3.8) is 0 Å². The van der Waals surface area contributed by atoms with Crippen molar-refractivity contribution in [2.75, 3.05) is 0 Å². The Morgan fingerprint density at radius 1 is 1.53 bits per heavy atom. The number of fused-ring (bicyclic) bond motifs is 1. The Morgan fingerprint density at radius 3 is 2.82 bits per heavy atom. The minimum atomic E-state index is -0.776. The third-order valence-corrected chi connectivity index (χ3v) is 2.92. The number of hydrogen-bond donors (Lipinski definition) is 1. The van der Waals surface area contributed by atoms with E-state index in [1.807, 2.05) is 0 Å². The highest BCUT2D eigenvalue weighted by atomic mass is 79.9. The molecule has 0 amide bonds. The van der Waals surface area contributed by atoms with Gasteiger partial charge in [-0.15, -0.1) is 11.6 Å². The third-order valence-electron chi connectivity index (χ3n) is 2.21. The first kappa shape index (κ1) is 12.0. The number of pyridine rings is 2. The van der Waals surface area contributed by atoms with Crippen LogP contribution in [0, 0.1) is 10.1 Å². The van der Waals surface area contributed by atoms with E-state index in [4.69, 9.17) is 11.6 Å². The standard InChI is InChI=1S/C9H5BrClN3O3/c10-6-2-1-5-7(13-6)4(3-11)8(14(16)17)9(15)12-5/h1-2H,3H2,(H,12,15). The van der Waals surface area contributed by atoms with E-state index in [0.29, 0.717) is 15.6 Å². The fourth-order valence-electron chi connectivity index (χ4n) is 1.52. The largest absolute Gasteiger partial charge is 0.340 e. The van der Waals surface area contributed by atoms with Gasteiger partial charge in [0.1, 0.15) is 4.60 Å². The molecule has 88 valence electrons. The second kappa shape index (κ2) is 4.42. The molecular formula is C9H5BrClN3O3. The summed E-state index contributed by atoms with van der Waals surface area (Å²) in [5.41, 5.74) is -0.475. The van der Waals surface area contributed by atoms with Crippen molar-refractivity contribution in [2.45, 2.75) is 5.88 Å². The molecule has 0 radical (unpaired) electrons. The summed E-state index contributed by atoms with van der Waals surface area (Å²) in [5.74, 6) is -0.153. The van der Waals surface area contributed by atoms with Crippen molar-refractivity contribution in [3.8, 4) is 0 Å². The van der Waals surface area contributed by atoms with E-state index in [9.17, 15) is 14.9 Å². The maximum absolute atomic E-state index is 11.5. The van der Waals surface area contributed by atoms with Gasteiger partial charge in [0.25, 0.3) is 0 Å². The van der Waals surface area contributed by atoms with E-state index in [0.717, 1.165) is 0 Å². The van der Waals surface area contributed by atoms with Gasteiger partial charge in [-0.2, -0.15) is 0 Å². The van der Waals surface area contributed by atoms with Crippen molar-refractivity contribution < 1.29 is 4.92 Å². The number of nitrogens with one attached hydrogen (secondary N) is 1. The van der Waals surface area contributed by atoms with Crippen molar-refractivity contribution in [1.29, 1.82) is 0 Å². The monoisotopic (exact) mass is 317 g/mol. The lowest BCUT2D eigenvalue weighted by Crippen LogP contribution is -2.15. The van der Waals surface area contributed by atoms with Crippen LogP contribution in [0.2, 0.25) is 0 Å². The van der Waals surface area contributed by atoms with E-state index in [2.05, 4.69) is 25.9 Å². The van der Waals surface area contributed by atoms with Crippen molar-refractivity contribution in [2.24, 2.45) is 0 Å². The molecule has 0 bridgehead atoms. The summed E-state index contributed by atoms with van der Waals surface area (Å²) >= 11 is 8.83. The van der Waals surface area contributed by atoms with Crippen LogP contribution < -0.4 is 5.56 Å². The maximum Gasteiger partial charge on any atom is 0.340 e. The first-order valence-electron chi connectivity index (χ1n) is 4.46. The van der Waals surface area contributed by atoms with Crippen LogP contribution in [0.3, 0.4) is 0 Å². The third kappa shape index (κ3) is 2.03. The molecule has 1 N–H and O–H groups in total. The lowest BCUT2D eigenvalue weighted by molar-refractivity contribution is -0.386. The summed E-state index contributed by atoms with van der Waals surface area (Å²) in [4.78, 5) is 28.1. The van der Waals surface area contributed by atoms with Crippen LogP contribution in [-0.4, -0.2) is 14.9 Å². The average Bonchev–Trinajstić information content (AvgIpc) is 2.27. The second-order valence-electron chi connectivity index (χ2n) is 3.20. The van der Waals surface area contributed by atoms with Gasteiger partial charge in [0, 0.05) is 0 Å². The van der Waals surface area contributed by atoms with E-state index < -0.39 is 16.2 Å². The number of aromatic nitrogens is 2. The highest BCUT2D eigenvalue weighted by molar-refractivity contribution is 9.10. The molecule has 2 heterocycles. The van der Waals surface area contributed by atoms with Gasteiger partial charge in [-0.1, -0.05) is 0 Å². The molecular weight excluding hydrogens is 313 g/mol. The molecule has 0 aliphatic rings. The Labute approximate surface area is 108 Å². The number of nitro groups is 1. The smallest absolute Gasteiger partial charge is 0.315 e. The maximum atomic E-state index is 11.5. The molecule has 2 rings (SSSR count). The lowest BCUT2D eigenvalue weighted by Gasteiger charge is -2.03. The Bertz CT molecular complexity index is 670. The molecule has 17 heavy (non-hydrogen) atoms. The Hall–Kier alpha value is -1.47. The lowest BCUT2D eigenvalue weighted by atomic mass is 10.2. The van der Waals surface area contributed by atoms with E-state index in [1.54, 1.807) is 12.1 Å². The van der Waals surface area contributed by atoms with Crippen LogP contribution in [-0.2, 0) is 5.88 Å². The quantitative estimate of drug-likeness (QED) is 0.398. The molecule has 0 fully saturated rings. The summed E-state index contributed by atoms with van der Waals surface area (Å²) in [7, 11) is 0. The topological polar surface area (TPSA) is 88.9 Å². The SMILES string of the molecule is O=c1[nH]c2ccc(Br)nc2c(CCl)c1[N+](=O)[O-]. The number of H-pyrrole nitrogens is 1. The van der Waals surface area contributed by atoms with E-state index in [1.165, 1.54) is 0 Å². The molecule has 6 nitrogen and oxygen atoms in total. The molecule has 8 heteroatoms. The number of nitrogens with zero attached hydrogens (tertiary/aromatic N) is 2. The van der Waals surface area contributed by atoms with Gasteiger partial charge in [0.15, 0.2) is 0 Å². The van der Waals surface area contributed by atoms with Crippen LogP contribution in [0.25, 0.3) is 11.0 Å². The van der Waals surface area contributed by atoms with Crippen LogP contribution in [0.1, 0.15) is 5.56 Å². The zero-order chi connectivity index (χ0) is 12.6. The number of alkyl halides is 1. The second-order valence-corrected chi connectivity index (χ2v) is 4.28. The fourth-order valence-corrected chi connectivity index (χ4v) is 2.08. The van der Waals surface area contributed by atoms with Gasteiger partial charge >= 0.3 is 11.2 Å². The predicted molar refractivity (Wildman–Crippen MR) is 66.3 cm³/mol. The number of rotatable bonds is 2. The Kier molecular flexibility index (Phi) is 3.12. The first-order valence-corrected chi connectivity index (χ1v) is 5.79. The Balaban J connectivity index is 2.97. The zero-order valence-corrected chi connectivity index (χ0v) is 10.6. The molecule has 0 aliphatic heterocycles. The van der Waals surface area contributed by atoms with Crippen molar-refractivity contribution in [1.82, 2.24) is 9.97 Å². The zero-order valence-electron chi connectivity index (χ0n) is 8.24. The van der Waals surface area contributed by atoms with Crippen molar-refractivity contribution >= 4 is 44.3 Å². The number of aromatic amines is 1. The van der Waals surface area contributed by atoms with E-state index >= 15 is 0 Å². The molecule has 0 aliphatic carbocycles. The van der Waals surface area contributed by atoms with Gasteiger partial charge in [-0.3, -0.25) is 14.9 Å². The fraction of sp³-hybridized carbons (Fsp3) is 0.111. The molecule has 0 unspecified atom stereocenters. The average molecular weight is 319 g/mol. The van der Waals surface area contributed by atoms with Gasteiger partial charge in [0.05, 0.1) is 27.4 Å². The summed E-state index contributed by atoms with van der Waals surface area (Å²) in [6.07, 6.45) is 0. The van der Waals surface area contributed by atoms with Gasteiger partial charge in [-0.05, 0) is 28.1 Å². The molecule has 2 aromatic heterocycles. The highest BCUT2D eigenvalue weighted by Crippen LogP contribution is 2.24. The molecule has 0 saturated heterocycles. The normalized spacial score (nSPS) is 10.7. The molecule has 0 saturated carbocycles. The van der Waals surface area contributed by atoms with Gasteiger partial charge in [-0.25, -0.2) is 4.98 Å². The van der Waals surface area contributed by atoms with Crippen LogP contribution in [0.4, 0.5) is 5.69 Å². The van der Waals surface area contributed by atoms with Gasteiger partial charge < -0.3 is 4.98 Å².